The SMILES string of the molecule is COc1ccc(C(C)C)cc1C1(CN)COC1. The molecule has 0 amide bonds. The van der Waals surface area contributed by atoms with Crippen molar-refractivity contribution in [3.05, 3.63) is 29.3 Å². The first-order valence-electron chi connectivity index (χ1n) is 6.09. The number of methoxy groups -OCH3 is 1. The van der Waals surface area contributed by atoms with E-state index in [2.05, 4.69) is 26.0 Å². The van der Waals surface area contributed by atoms with Crippen molar-refractivity contribution >= 4 is 0 Å². The summed E-state index contributed by atoms with van der Waals surface area (Å²) in [6.45, 7) is 6.38. The van der Waals surface area contributed by atoms with E-state index in [9.17, 15) is 0 Å². The van der Waals surface area contributed by atoms with Crippen LogP contribution in [0.5, 0.6) is 5.75 Å². The molecule has 1 aliphatic heterocycles. The number of benzene rings is 1. The Morgan fingerprint density at radius 1 is 1.41 bits per heavy atom. The maximum atomic E-state index is 5.92. The zero-order valence-electron chi connectivity index (χ0n) is 10.8. The number of ether oxygens (including phenoxy) is 2. The second-order valence-corrected chi connectivity index (χ2v) is 5.09. The van der Waals surface area contributed by atoms with Gasteiger partial charge in [-0.25, -0.2) is 0 Å². The molecule has 17 heavy (non-hydrogen) atoms. The van der Waals surface area contributed by atoms with Gasteiger partial charge in [-0.1, -0.05) is 26.0 Å². The van der Waals surface area contributed by atoms with E-state index in [0.29, 0.717) is 25.7 Å². The molecule has 1 heterocycles. The van der Waals surface area contributed by atoms with Crippen molar-refractivity contribution in [3.8, 4) is 5.75 Å². The number of nitrogens with two attached hydrogens (primary N) is 1. The molecular formula is C14H21NO2. The first kappa shape index (κ1) is 12.4. The summed E-state index contributed by atoms with van der Waals surface area (Å²) in [5.74, 6) is 1.43. The molecule has 1 fully saturated rings. The van der Waals surface area contributed by atoms with Crippen LogP contribution in [0.2, 0.25) is 0 Å². The van der Waals surface area contributed by atoms with E-state index in [0.717, 1.165) is 5.75 Å². The summed E-state index contributed by atoms with van der Waals surface area (Å²) in [4.78, 5) is 0. The Balaban J connectivity index is 2.45. The van der Waals surface area contributed by atoms with Crippen LogP contribution in [0.15, 0.2) is 18.2 Å². The number of hydrogen-bond acceptors (Lipinski definition) is 3. The zero-order chi connectivity index (χ0) is 12.5. The Kier molecular flexibility index (Phi) is 3.40. The highest BCUT2D eigenvalue weighted by Gasteiger charge is 2.41. The maximum Gasteiger partial charge on any atom is 0.122 e. The van der Waals surface area contributed by atoms with E-state index in [1.54, 1.807) is 7.11 Å². The van der Waals surface area contributed by atoms with E-state index in [1.165, 1.54) is 11.1 Å². The molecule has 1 aliphatic rings. The molecule has 3 heteroatoms. The third-order valence-electron chi connectivity index (χ3n) is 3.61. The minimum Gasteiger partial charge on any atom is -0.496 e. The molecular weight excluding hydrogens is 214 g/mol. The van der Waals surface area contributed by atoms with Crippen LogP contribution < -0.4 is 10.5 Å². The van der Waals surface area contributed by atoms with Gasteiger partial charge in [-0.3, -0.25) is 0 Å². The highest BCUT2D eigenvalue weighted by molar-refractivity contribution is 5.45. The van der Waals surface area contributed by atoms with Crippen LogP contribution in [-0.2, 0) is 10.2 Å². The van der Waals surface area contributed by atoms with Gasteiger partial charge in [0.05, 0.1) is 25.7 Å². The van der Waals surface area contributed by atoms with Crippen molar-refractivity contribution in [2.75, 3.05) is 26.9 Å². The molecule has 0 spiro atoms. The Morgan fingerprint density at radius 3 is 2.53 bits per heavy atom. The van der Waals surface area contributed by atoms with Crippen molar-refractivity contribution in [2.45, 2.75) is 25.2 Å². The van der Waals surface area contributed by atoms with Crippen molar-refractivity contribution in [1.82, 2.24) is 0 Å². The third-order valence-corrected chi connectivity index (χ3v) is 3.61. The minimum absolute atomic E-state index is 0.0454. The van der Waals surface area contributed by atoms with Crippen molar-refractivity contribution in [2.24, 2.45) is 5.73 Å². The van der Waals surface area contributed by atoms with Gasteiger partial charge < -0.3 is 15.2 Å². The first-order valence-corrected chi connectivity index (χ1v) is 6.09. The Hall–Kier alpha value is -1.06. The molecule has 0 bridgehead atoms. The average Bonchev–Trinajstić information content (AvgIpc) is 2.28. The van der Waals surface area contributed by atoms with Crippen LogP contribution in [0.25, 0.3) is 0 Å². The van der Waals surface area contributed by atoms with Crippen molar-refractivity contribution in [3.63, 3.8) is 0 Å². The van der Waals surface area contributed by atoms with Crippen molar-refractivity contribution in [1.29, 1.82) is 0 Å². The van der Waals surface area contributed by atoms with E-state index < -0.39 is 0 Å². The van der Waals surface area contributed by atoms with Gasteiger partial charge in [-0.15, -0.1) is 0 Å². The van der Waals surface area contributed by atoms with Crippen LogP contribution >= 0.6 is 0 Å². The van der Waals surface area contributed by atoms with Gasteiger partial charge >= 0.3 is 0 Å². The molecule has 0 unspecified atom stereocenters. The predicted octanol–water partition coefficient (Wildman–Crippen LogP) is 2.05. The summed E-state index contributed by atoms with van der Waals surface area (Å²) in [5, 5.41) is 0. The predicted molar refractivity (Wildman–Crippen MR) is 68.6 cm³/mol. The van der Waals surface area contributed by atoms with Gasteiger partial charge in [-0.2, -0.15) is 0 Å². The van der Waals surface area contributed by atoms with Gasteiger partial charge in [0.15, 0.2) is 0 Å². The molecule has 0 saturated carbocycles. The topological polar surface area (TPSA) is 44.5 Å². The van der Waals surface area contributed by atoms with E-state index >= 15 is 0 Å². The zero-order valence-corrected chi connectivity index (χ0v) is 10.8. The van der Waals surface area contributed by atoms with Crippen LogP contribution in [0.4, 0.5) is 0 Å². The minimum atomic E-state index is -0.0454. The smallest absolute Gasteiger partial charge is 0.122 e. The summed E-state index contributed by atoms with van der Waals surface area (Å²) in [5.41, 5.74) is 8.38. The second kappa shape index (κ2) is 4.67. The highest BCUT2D eigenvalue weighted by Crippen LogP contribution is 2.38. The maximum absolute atomic E-state index is 5.92. The third kappa shape index (κ3) is 2.05. The lowest BCUT2D eigenvalue weighted by Crippen LogP contribution is -2.52. The van der Waals surface area contributed by atoms with Crippen LogP contribution in [0, 0.1) is 0 Å². The summed E-state index contributed by atoms with van der Waals surface area (Å²) in [6.07, 6.45) is 0. The normalized spacial score (nSPS) is 17.9. The molecule has 3 nitrogen and oxygen atoms in total. The first-order chi connectivity index (χ1) is 8.13. The standard InChI is InChI=1S/C14H21NO2/c1-10(2)11-4-5-13(16-3)12(6-11)14(7-15)8-17-9-14/h4-6,10H,7-9,15H2,1-3H3. The summed E-state index contributed by atoms with van der Waals surface area (Å²) >= 11 is 0. The van der Waals surface area contributed by atoms with E-state index in [1.807, 2.05) is 6.07 Å². The fourth-order valence-corrected chi connectivity index (χ4v) is 2.23. The van der Waals surface area contributed by atoms with Gasteiger partial charge in [0, 0.05) is 12.1 Å². The number of hydrogen-bond donors (Lipinski definition) is 1. The second-order valence-electron chi connectivity index (χ2n) is 5.09. The monoisotopic (exact) mass is 235 g/mol. The molecule has 2 N–H and O–H groups in total. The molecule has 94 valence electrons. The molecule has 0 aliphatic carbocycles. The Morgan fingerprint density at radius 2 is 2.12 bits per heavy atom. The number of rotatable bonds is 4. The van der Waals surface area contributed by atoms with E-state index in [-0.39, 0.29) is 5.41 Å². The van der Waals surface area contributed by atoms with E-state index in [4.69, 9.17) is 15.2 Å². The summed E-state index contributed by atoms with van der Waals surface area (Å²) < 4.78 is 10.8. The Bertz CT molecular complexity index is 392. The molecule has 1 aromatic carbocycles. The van der Waals surface area contributed by atoms with Crippen LogP contribution in [-0.4, -0.2) is 26.9 Å². The lowest BCUT2D eigenvalue weighted by atomic mass is 9.77. The molecule has 0 atom stereocenters. The summed E-state index contributed by atoms with van der Waals surface area (Å²) in [7, 11) is 1.71. The van der Waals surface area contributed by atoms with Crippen LogP contribution in [0.3, 0.4) is 0 Å². The molecule has 0 radical (unpaired) electrons. The quantitative estimate of drug-likeness (QED) is 0.868. The fraction of sp³-hybridized carbons (Fsp3) is 0.571. The fourth-order valence-electron chi connectivity index (χ4n) is 2.23. The Labute approximate surface area is 103 Å². The van der Waals surface area contributed by atoms with Gasteiger partial charge in [0.25, 0.3) is 0 Å². The van der Waals surface area contributed by atoms with Gasteiger partial charge in [-0.05, 0) is 17.5 Å². The highest BCUT2D eigenvalue weighted by atomic mass is 16.5. The molecule has 0 aromatic heterocycles. The molecule has 1 saturated heterocycles. The van der Waals surface area contributed by atoms with Crippen molar-refractivity contribution < 1.29 is 9.47 Å². The molecule has 2 rings (SSSR count). The van der Waals surface area contributed by atoms with Gasteiger partial charge in [0.2, 0.25) is 0 Å². The summed E-state index contributed by atoms with van der Waals surface area (Å²) in [6, 6.07) is 6.38. The lowest BCUT2D eigenvalue weighted by Gasteiger charge is -2.41. The lowest BCUT2D eigenvalue weighted by molar-refractivity contribution is -0.0559. The molecule has 1 aromatic rings. The van der Waals surface area contributed by atoms with Crippen LogP contribution in [0.1, 0.15) is 30.9 Å². The van der Waals surface area contributed by atoms with Gasteiger partial charge in [0.1, 0.15) is 5.75 Å². The average molecular weight is 235 g/mol. The largest absolute Gasteiger partial charge is 0.496 e.